The zero-order chi connectivity index (χ0) is 26.8. The molecule has 1 aliphatic rings. The highest BCUT2D eigenvalue weighted by atomic mass is 32.3. The van der Waals surface area contributed by atoms with E-state index in [1.54, 1.807) is 6.07 Å². The summed E-state index contributed by atoms with van der Waals surface area (Å²) in [5.74, 6) is 2.59. The Morgan fingerprint density at radius 3 is 2.55 bits per heavy atom. The molecule has 192 valence electrons. The second kappa shape index (κ2) is 8.74. The molecule has 0 amide bonds. The molecule has 5 aromatic rings. The van der Waals surface area contributed by atoms with E-state index in [-0.39, 0.29) is 23.1 Å². The van der Waals surface area contributed by atoms with E-state index in [1.165, 1.54) is 12.1 Å². The highest BCUT2D eigenvalue weighted by Gasteiger charge is 2.27. The highest BCUT2D eigenvalue weighted by molar-refractivity contribution is 7.81. The molecule has 1 N–H and O–H groups in total. The molecular formula is C30H25FN2O4S. The van der Waals surface area contributed by atoms with E-state index in [9.17, 15) is 17.1 Å². The monoisotopic (exact) mass is 528 g/mol. The first-order chi connectivity index (χ1) is 18.1. The van der Waals surface area contributed by atoms with Crippen molar-refractivity contribution in [3.05, 3.63) is 75.9 Å². The molecule has 3 aromatic carbocycles. The van der Waals surface area contributed by atoms with Gasteiger partial charge in [-0.2, -0.15) is 8.42 Å². The van der Waals surface area contributed by atoms with E-state index in [1.807, 2.05) is 50.2 Å². The van der Waals surface area contributed by atoms with Gasteiger partial charge in [0.15, 0.2) is 5.43 Å². The maximum absolute atomic E-state index is 14.0. The smallest absolute Gasteiger partial charge is 0.358 e. The molecule has 0 radical (unpaired) electrons. The molecule has 0 aliphatic heterocycles. The average molecular weight is 529 g/mol. The Balaban J connectivity index is 1.70. The molecule has 0 unspecified atom stereocenters. The summed E-state index contributed by atoms with van der Waals surface area (Å²) in [4.78, 5) is 17.5. The van der Waals surface area contributed by atoms with Gasteiger partial charge in [0.25, 0.3) is 0 Å². The molecule has 38 heavy (non-hydrogen) atoms. The van der Waals surface area contributed by atoms with Crippen molar-refractivity contribution in [3.63, 3.8) is 0 Å². The molecule has 1 aliphatic carbocycles. The number of aromatic nitrogens is 2. The van der Waals surface area contributed by atoms with E-state index >= 15 is 0 Å². The van der Waals surface area contributed by atoms with Crippen LogP contribution in [-0.2, 0) is 10.5 Å². The van der Waals surface area contributed by atoms with Crippen LogP contribution >= 0.6 is 0 Å². The predicted molar refractivity (Wildman–Crippen MR) is 149 cm³/mol. The number of H-pyrrole nitrogens is 1. The molecule has 1 fully saturated rings. The topological polar surface area (TPSA) is 81.2 Å². The average Bonchev–Trinajstić information content (AvgIpc) is 3.22. The van der Waals surface area contributed by atoms with Gasteiger partial charge in [-0.05, 0) is 78.3 Å². The number of nitrogens with one attached hydrogen (secondary N) is 1. The van der Waals surface area contributed by atoms with Gasteiger partial charge in [-0.25, -0.2) is 0 Å². The van der Waals surface area contributed by atoms with Crippen molar-refractivity contribution in [2.45, 2.75) is 45.1 Å². The third-order valence-corrected chi connectivity index (χ3v) is 7.88. The van der Waals surface area contributed by atoms with Crippen LogP contribution in [0, 0.1) is 12.3 Å². The molecule has 6 nitrogen and oxygen atoms in total. The summed E-state index contributed by atoms with van der Waals surface area (Å²) in [6.07, 6.45) is 8.72. The van der Waals surface area contributed by atoms with Crippen molar-refractivity contribution in [2.75, 3.05) is 0 Å². The number of hydrogen-bond acceptors (Lipinski definition) is 4. The van der Waals surface area contributed by atoms with E-state index in [2.05, 4.69) is 19.7 Å². The molecular weight excluding hydrogens is 503 g/mol. The van der Waals surface area contributed by atoms with E-state index < -0.39 is 10.5 Å². The fraction of sp³-hybridized carbons (Fsp3) is 0.233. The summed E-state index contributed by atoms with van der Waals surface area (Å²) in [5, 5.41) is 2.11. The van der Waals surface area contributed by atoms with Crippen LogP contribution in [0.1, 0.15) is 56.2 Å². The molecule has 6 rings (SSSR count). The lowest BCUT2D eigenvalue weighted by Crippen LogP contribution is -2.21. The van der Waals surface area contributed by atoms with Gasteiger partial charge in [0.1, 0.15) is 11.4 Å². The Kier molecular flexibility index (Phi) is 5.58. The van der Waals surface area contributed by atoms with E-state index in [4.69, 9.17) is 6.42 Å². The van der Waals surface area contributed by atoms with Crippen molar-refractivity contribution in [1.82, 2.24) is 9.55 Å². The zero-order valence-electron chi connectivity index (χ0n) is 20.9. The standard InChI is InChI=1S/C30H25FN2O4S/c1-4-18-11-12-22-26(13-18)32-30-28(22)29(34)25-15-23(17(2)3)24(16-27(25)33(30)20-8-6-9-20)19-7-5-10-21(14-19)37-38(31,35)36/h1,5,7,10-17,20,32H,6,8-9H2,2-3H3. The van der Waals surface area contributed by atoms with Crippen LogP contribution in [0.25, 0.3) is 44.0 Å². The number of hydrogen-bond donors (Lipinski definition) is 1. The minimum atomic E-state index is -5.16. The number of benzene rings is 3. The second-order valence-electron chi connectivity index (χ2n) is 10.2. The lowest BCUT2D eigenvalue weighted by molar-refractivity contribution is 0.327. The number of pyridine rings is 1. The lowest BCUT2D eigenvalue weighted by Gasteiger charge is -2.31. The van der Waals surface area contributed by atoms with Gasteiger partial charge in [0.2, 0.25) is 0 Å². The number of aromatic amines is 1. The Labute approximate surface area is 219 Å². The van der Waals surface area contributed by atoms with E-state index in [0.29, 0.717) is 16.3 Å². The normalized spacial score (nSPS) is 14.3. The Hall–Kier alpha value is -4.09. The maximum Gasteiger partial charge on any atom is 0.488 e. The number of terminal acetylenes is 1. The number of halogens is 1. The summed E-state index contributed by atoms with van der Waals surface area (Å²) >= 11 is 0. The van der Waals surface area contributed by atoms with Gasteiger partial charge < -0.3 is 13.7 Å². The van der Waals surface area contributed by atoms with Crippen LogP contribution in [0.2, 0.25) is 0 Å². The van der Waals surface area contributed by atoms with Gasteiger partial charge in [-0.15, -0.1) is 6.42 Å². The molecule has 0 bridgehead atoms. The molecule has 2 heterocycles. The van der Waals surface area contributed by atoms with Crippen molar-refractivity contribution in [1.29, 1.82) is 0 Å². The van der Waals surface area contributed by atoms with Crippen LogP contribution in [-0.4, -0.2) is 18.0 Å². The number of fused-ring (bicyclic) bond motifs is 4. The zero-order valence-corrected chi connectivity index (χ0v) is 21.7. The quantitative estimate of drug-likeness (QED) is 0.203. The fourth-order valence-corrected chi connectivity index (χ4v) is 5.84. The molecule has 0 saturated heterocycles. The first kappa shape index (κ1) is 24.3. The lowest BCUT2D eigenvalue weighted by atomic mass is 9.88. The summed E-state index contributed by atoms with van der Waals surface area (Å²) < 4.78 is 42.2. The second-order valence-corrected chi connectivity index (χ2v) is 11.1. The SMILES string of the molecule is C#Cc1ccc2c(c1)[nH]c1c2c(=O)c2cc(C(C)C)c(-c3cccc(OS(=O)(=O)F)c3)cc2n1C1CCC1. The minimum absolute atomic E-state index is 0.0530. The molecule has 0 spiro atoms. The first-order valence-corrected chi connectivity index (χ1v) is 13.8. The van der Waals surface area contributed by atoms with Crippen LogP contribution in [0.5, 0.6) is 5.75 Å². The Bertz CT molecular complexity index is 1980. The van der Waals surface area contributed by atoms with Crippen molar-refractivity contribution < 1.29 is 16.5 Å². The fourth-order valence-electron chi connectivity index (χ4n) is 5.51. The van der Waals surface area contributed by atoms with Gasteiger partial charge in [-0.1, -0.05) is 41.9 Å². The molecule has 0 atom stereocenters. The summed E-state index contributed by atoms with van der Waals surface area (Å²) in [6, 6.07) is 16.1. The van der Waals surface area contributed by atoms with Crippen LogP contribution in [0.15, 0.2) is 59.4 Å². The molecule has 2 aromatic heterocycles. The predicted octanol–water partition coefficient (Wildman–Crippen LogP) is 6.73. The van der Waals surface area contributed by atoms with Crippen LogP contribution in [0.4, 0.5) is 3.89 Å². The maximum atomic E-state index is 14.0. The highest BCUT2D eigenvalue weighted by Crippen LogP contribution is 2.41. The number of nitrogens with zero attached hydrogens (tertiary/aromatic N) is 1. The summed E-state index contributed by atoms with van der Waals surface area (Å²) in [5.41, 5.74) is 5.46. The molecule has 8 heteroatoms. The number of rotatable bonds is 5. The van der Waals surface area contributed by atoms with Gasteiger partial charge >= 0.3 is 10.5 Å². The first-order valence-electron chi connectivity index (χ1n) is 12.5. The van der Waals surface area contributed by atoms with Gasteiger partial charge in [0, 0.05) is 27.9 Å². The Morgan fingerprint density at radius 2 is 1.89 bits per heavy atom. The van der Waals surface area contributed by atoms with Crippen molar-refractivity contribution in [3.8, 4) is 29.2 Å². The summed E-state index contributed by atoms with van der Waals surface area (Å²) in [6.45, 7) is 4.07. The van der Waals surface area contributed by atoms with E-state index in [0.717, 1.165) is 58.0 Å². The van der Waals surface area contributed by atoms with Crippen LogP contribution in [0.3, 0.4) is 0 Å². The molecule has 1 saturated carbocycles. The summed E-state index contributed by atoms with van der Waals surface area (Å²) in [7, 11) is -5.16. The largest absolute Gasteiger partial charge is 0.488 e. The minimum Gasteiger partial charge on any atom is -0.358 e. The Morgan fingerprint density at radius 1 is 1.11 bits per heavy atom. The third kappa shape index (κ3) is 3.95. The van der Waals surface area contributed by atoms with Crippen LogP contribution < -0.4 is 9.61 Å². The third-order valence-electron chi connectivity index (χ3n) is 7.49. The van der Waals surface area contributed by atoms with Gasteiger partial charge in [-0.3, -0.25) is 4.79 Å². The van der Waals surface area contributed by atoms with Gasteiger partial charge in [0.05, 0.1) is 10.9 Å². The van der Waals surface area contributed by atoms with Crippen molar-refractivity contribution >= 4 is 43.3 Å². The van der Waals surface area contributed by atoms with Crippen molar-refractivity contribution in [2.24, 2.45) is 0 Å².